The second-order valence-corrected chi connectivity index (χ2v) is 6.18. The first-order valence-corrected chi connectivity index (χ1v) is 8.45. The summed E-state index contributed by atoms with van der Waals surface area (Å²) in [5, 5.41) is 6.44. The molecule has 2 amide bonds. The second-order valence-electron chi connectivity index (χ2n) is 5.33. The number of hydrogen-bond acceptors (Lipinski definition) is 3. The van der Waals surface area contributed by atoms with Gasteiger partial charge in [0.05, 0.1) is 11.6 Å². The summed E-state index contributed by atoms with van der Waals surface area (Å²) in [6.45, 7) is 1.81. The lowest BCUT2D eigenvalue weighted by Crippen LogP contribution is -2.13. The molecule has 25 heavy (non-hydrogen) atoms. The molecule has 0 saturated carbocycles. The van der Waals surface area contributed by atoms with Gasteiger partial charge in [0.25, 0.3) is 0 Å². The van der Waals surface area contributed by atoms with E-state index in [1.165, 1.54) is 6.92 Å². The molecular weight excluding hydrogens is 363 g/mol. The van der Waals surface area contributed by atoms with Gasteiger partial charge in [0.2, 0.25) is 11.8 Å². The van der Waals surface area contributed by atoms with E-state index in [1.54, 1.807) is 42.5 Å². The van der Waals surface area contributed by atoms with Crippen molar-refractivity contribution in [2.75, 3.05) is 17.2 Å². The first kappa shape index (κ1) is 19.1. The van der Waals surface area contributed by atoms with Crippen molar-refractivity contribution in [3.8, 4) is 5.75 Å². The molecule has 2 aromatic carbocycles. The quantitative estimate of drug-likeness (QED) is 0.681. The number of amides is 2. The number of benzene rings is 2. The summed E-state index contributed by atoms with van der Waals surface area (Å²) in [6.07, 6.45) is 0.868. The van der Waals surface area contributed by atoms with Crippen LogP contribution in [0.4, 0.5) is 11.4 Å². The molecule has 0 unspecified atom stereocenters. The number of halogens is 2. The Morgan fingerprint density at radius 2 is 1.64 bits per heavy atom. The first-order chi connectivity index (χ1) is 11.9. The fraction of sp³-hybridized carbons (Fsp3) is 0.222. The van der Waals surface area contributed by atoms with Gasteiger partial charge in [-0.1, -0.05) is 23.2 Å². The molecule has 0 radical (unpaired) electrons. The molecule has 0 aliphatic rings. The van der Waals surface area contributed by atoms with Crippen LogP contribution < -0.4 is 15.4 Å². The number of hydrogen-bond donors (Lipinski definition) is 2. The highest BCUT2D eigenvalue weighted by atomic mass is 35.5. The van der Waals surface area contributed by atoms with E-state index in [4.69, 9.17) is 27.9 Å². The Hall–Kier alpha value is -2.24. The average Bonchev–Trinajstić information content (AvgIpc) is 2.54. The smallest absolute Gasteiger partial charge is 0.224 e. The lowest BCUT2D eigenvalue weighted by Gasteiger charge is -2.09. The van der Waals surface area contributed by atoms with Gasteiger partial charge in [0, 0.05) is 29.7 Å². The van der Waals surface area contributed by atoms with E-state index < -0.39 is 0 Å². The molecule has 0 aliphatic carbocycles. The van der Waals surface area contributed by atoms with Crippen LogP contribution in [-0.2, 0) is 9.59 Å². The van der Waals surface area contributed by atoms with E-state index in [-0.39, 0.29) is 11.8 Å². The van der Waals surface area contributed by atoms with Crippen LogP contribution in [0.25, 0.3) is 0 Å². The minimum Gasteiger partial charge on any atom is -0.492 e. The average molecular weight is 381 g/mol. The Morgan fingerprint density at radius 3 is 2.24 bits per heavy atom. The maximum atomic E-state index is 11.9. The summed E-state index contributed by atoms with van der Waals surface area (Å²) in [6, 6.07) is 11.9. The van der Waals surface area contributed by atoms with E-state index in [0.29, 0.717) is 46.6 Å². The molecule has 2 aromatic rings. The molecule has 0 heterocycles. The highest BCUT2D eigenvalue weighted by molar-refractivity contribution is 6.35. The molecule has 2 N–H and O–H groups in total. The van der Waals surface area contributed by atoms with Gasteiger partial charge in [-0.3, -0.25) is 9.59 Å². The van der Waals surface area contributed by atoms with Crippen LogP contribution in [0.5, 0.6) is 5.75 Å². The van der Waals surface area contributed by atoms with Crippen LogP contribution in [-0.4, -0.2) is 18.4 Å². The molecular formula is C18H18Cl2N2O3. The minimum atomic E-state index is -0.141. The fourth-order valence-electron chi connectivity index (χ4n) is 2.07. The Bertz CT molecular complexity index is 748. The zero-order valence-electron chi connectivity index (χ0n) is 13.6. The van der Waals surface area contributed by atoms with Crippen LogP contribution >= 0.6 is 23.2 Å². The van der Waals surface area contributed by atoms with Crippen LogP contribution in [0.1, 0.15) is 19.8 Å². The number of carbonyl (C=O) groups is 2. The van der Waals surface area contributed by atoms with Gasteiger partial charge in [-0.05, 0) is 48.9 Å². The Morgan fingerprint density at radius 1 is 1.00 bits per heavy atom. The summed E-state index contributed by atoms with van der Waals surface area (Å²) in [5.41, 5.74) is 1.35. The molecule has 0 aliphatic heterocycles. The van der Waals surface area contributed by atoms with Crippen molar-refractivity contribution in [1.82, 2.24) is 0 Å². The molecule has 2 rings (SSSR count). The largest absolute Gasteiger partial charge is 0.492 e. The van der Waals surface area contributed by atoms with Gasteiger partial charge in [-0.2, -0.15) is 0 Å². The molecule has 0 bridgehead atoms. The Labute approximate surface area is 156 Å². The maximum Gasteiger partial charge on any atom is 0.224 e. The number of nitrogens with one attached hydrogen (secondary N) is 2. The summed E-state index contributed by atoms with van der Waals surface area (Å²) >= 11 is 11.8. The SMILES string of the molecule is CC(=O)Nc1ccc(NC(=O)CCCOc2ccc(Cl)cc2Cl)cc1. The normalized spacial score (nSPS) is 10.2. The highest BCUT2D eigenvalue weighted by Gasteiger charge is 2.05. The lowest BCUT2D eigenvalue weighted by atomic mass is 10.2. The molecule has 0 spiro atoms. The summed E-state index contributed by atoms with van der Waals surface area (Å²) < 4.78 is 5.53. The minimum absolute atomic E-state index is 0.113. The van der Waals surface area contributed by atoms with E-state index in [1.807, 2.05) is 0 Å². The topological polar surface area (TPSA) is 67.4 Å². The van der Waals surface area contributed by atoms with Crippen molar-refractivity contribution < 1.29 is 14.3 Å². The van der Waals surface area contributed by atoms with Crippen LogP contribution in [0.2, 0.25) is 10.0 Å². The van der Waals surface area contributed by atoms with Crippen molar-refractivity contribution >= 4 is 46.4 Å². The van der Waals surface area contributed by atoms with E-state index >= 15 is 0 Å². The highest BCUT2D eigenvalue weighted by Crippen LogP contribution is 2.27. The second kappa shape index (κ2) is 9.30. The van der Waals surface area contributed by atoms with Crippen LogP contribution in [0.3, 0.4) is 0 Å². The van der Waals surface area contributed by atoms with Crippen LogP contribution in [0.15, 0.2) is 42.5 Å². The standard InChI is InChI=1S/C18H18Cl2N2O3/c1-12(23)21-14-5-7-15(8-6-14)22-18(24)3-2-10-25-17-9-4-13(19)11-16(17)20/h4-9,11H,2-3,10H2,1H3,(H,21,23)(H,22,24). The number of rotatable bonds is 7. The van der Waals surface area contributed by atoms with Gasteiger partial charge in [-0.25, -0.2) is 0 Å². The predicted octanol–water partition coefficient (Wildman–Crippen LogP) is 4.75. The van der Waals surface area contributed by atoms with Gasteiger partial charge < -0.3 is 15.4 Å². The third-order valence-electron chi connectivity index (χ3n) is 3.19. The third kappa shape index (κ3) is 6.64. The van der Waals surface area contributed by atoms with E-state index in [0.717, 1.165) is 0 Å². The van der Waals surface area contributed by atoms with E-state index in [9.17, 15) is 9.59 Å². The van der Waals surface area contributed by atoms with Crippen molar-refractivity contribution in [1.29, 1.82) is 0 Å². The monoisotopic (exact) mass is 380 g/mol. The first-order valence-electron chi connectivity index (χ1n) is 7.69. The summed E-state index contributed by atoms with van der Waals surface area (Å²) in [5.74, 6) is 0.288. The molecule has 5 nitrogen and oxygen atoms in total. The van der Waals surface area contributed by atoms with Gasteiger partial charge in [0.15, 0.2) is 0 Å². The van der Waals surface area contributed by atoms with Gasteiger partial charge in [0.1, 0.15) is 5.75 Å². The number of carbonyl (C=O) groups excluding carboxylic acids is 2. The molecule has 0 aromatic heterocycles. The number of ether oxygens (including phenoxy) is 1. The summed E-state index contributed by atoms with van der Waals surface area (Å²) in [4.78, 5) is 22.9. The predicted molar refractivity (Wildman–Crippen MR) is 101 cm³/mol. The van der Waals surface area contributed by atoms with E-state index in [2.05, 4.69) is 10.6 Å². The van der Waals surface area contributed by atoms with Crippen LogP contribution in [0, 0.1) is 0 Å². The Kier molecular flexibility index (Phi) is 7.10. The van der Waals surface area contributed by atoms with Gasteiger partial charge >= 0.3 is 0 Å². The number of anilines is 2. The zero-order valence-corrected chi connectivity index (χ0v) is 15.2. The fourth-order valence-corrected chi connectivity index (χ4v) is 2.53. The molecule has 0 saturated heterocycles. The molecule has 132 valence electrons. The van der Waals surface area contributed by atoms with Crippen molar-refractivity contribution in [3.63, 3.8) is 0 Å². The third-order valence-corrected chi connectivity index (χ3v) is 3.72. The molecule has 7 heteroatoms. The molecule has 0 fully saturated rings. The Balaban J connectivity index is 1.72. The van der Waals surface area contributed by atoms with Crippen molar-refractivity contribution in [3.05, 3.63) is 52.5 Å². The lowest BCUT2D eigenvalue weighted by molar-refractivity contribution is -0.116. The van der Waals surface area contributed by atoms with Crippen molar-refractivity contribution in [2.45, 2.75) is 19.8 Å². The maximum absolute atomic E-state index is 11.9. The van der Waals surface area contributed by atoms with Crippen molar-refractivity contribution in [2.24, 2.45) is 0 Å². The summed E-state index contributed by atoms with van der Waals surface area (Å²) in [7, 11) is 0. The molecule has 0 atom stereocenters. The zero-order chi connectivity index (χ0) is 18.2. The van der Waals surface area contributed by atoms with Gasteiger partial charge in [-0.15, -0.1) is 0 Å².